The first kappa shape index (κ1) is 19.9. The maximum Gasteiger partial charge on any atom is 0.257 e. The van der Waals surface area contributed by atoms with Gasteiger partial charge in [0.1, 0.15) is 17.3 Å². The van der Waals surface area contributed by atoms with Gasteiger partial charge in [-0.05, 0) is 44.4 Å². The minimum absolute atomic E-state index is 0.0654. The van der Waals surface area contributed by atoms with E-state index in [1.54, 1.807) is 0 Å². The van der Waals surface area contributed by atoms with E-state index in [0.717, 1.165) is 29.9 Å². The lowest BCUT2D eigenvalue weighted by molar-refractivity contribution is -0.116. The zero-order chi connectivity index (χ0) is 21.5. The number of rotatable bonds is 4. The first-order valence-electron chi connectivity index (χ1n) is 10.4. The molecule has 158 valence electrons. The Balaban J connectivity index is 1.54. The summed E-state index contributed by atoms with van der Waals surface area (Å²) in [6, 6.07) is 12.0. The van der Waals surface area contributed by atoms with Crippen molar-refractivity contribution in [1.82, 2.24) is 9.97 Å². The molecule has 5 rings (SSSR count). The number of Topliss-reactive ketones (excluding diaryl/α,β-unsaturated/α-hetero) is 1. The lowest BCUT2D eigenvalue weighted by Crippen LogP contribution is -2.32. The number of aryl methyl sites for hydroxylation is 2. The van der Waals surface area contributed by atoms with E-state index in [2.05, 4.69) is 41.5 Å². The van der Waals surface area contributed by atoms with E-state index in [0.29, 0.717) is 40.0 Å². The summed E-state index contributed by atoms with van der Waals surface area (Å²) in [6.07, 6.45) is 2.04. The van der Waals surface area contributed by atoms with Gasteiger partial charge in [0.05, 0.1) is 11.5 Å². The molecular weight excluding hydrogens is 410 g/mol. The number of thioether (sulfide) groups is 1. The van der Waals surface area contributed by atoms with Crippen LogP contribution in [0.1, 0.15) is 53.4 Å². The van der Waals surface area contributed by atoms with E-state index < -0.39 is 5.92 Å². The van der Waals surface area contributed by atoms with Crippen LogP contribution < -0.4 is 10.9 Å². The summed E-state index contributed by atoms with van der Waals surface area (Å²) in [4.78, 5) is 33.6. The van der Waals surface area contributed by atoms with Crippen LogP contribution in [-0.4, -0.2) is 15.8 Å². The van der Waals surface area contributed by atoms with Crippen molar-refractivity contribution in [2.75, 3.05) is 5.32 Å². The van der Waals surface area contributed by atoms with Gasteiger partial charge in [-0.1, -0.05) is 41.6 Å². The molecule has 2 aromatic heterocycles. The van der Waals surface area contributed by atoms with Crippen molar-refractivity contribution in [2.45, 2.75) is 49.9 Å². The van der Waals surface area contributed by atoms with Gasteiger partial charge in [0.15, 0.2) is 10.9 Å². The number of hydrogen-bond donors (Lipinski definition) is 2. The molecule has 0 bridgehead atoms. The number of nitrogens with one attached hydrogen (secondary N) is 2. The molecule has 6 nitrogen and oxygen atoms in total. The predicted octanol–water partition coefficient (Wildman–Crippen LogP) is 4.84. The van der Waals surface area contributed by atoms with Gasteiger partial charge in [0.2, 0.25) is 0 Å². The van der Waals surface area contributed by atoms with Gasteiger partial charge in [-0.25, -0.2) is 4.98 Å². The van der Waals surface area contributed by atoms with Crippen molar-refractivity contribution < 1.29 is 9.21 Å². The summed E-state index contributed by atoms with van der Waals surface area (Å²) in [5.41, 5.74) is 4.08. The molecule has 31 heavy (non-hydrogen) atoms. The summed E-state index contributed by atoms with van der Waals surface area (Å²) < 4.78 is 5.88. The molecule has 1 aromatic carbocycles. The normalized spacial score (nSPS) is 17.9. The van der Waals surface area contributed by atoms with Gasteiger partial charge in [-0.2, -0.15) is 0 Å². The third-order valence-electron chi connectivity index (χ3n) is 5.78. The Bertz CT molecular complexity index is 1250. The standard InChI is InChI=1S/C24H23N3O3S/c1-13-6-9-15(10-7-13)12-31-24-26-22-21(23(29)27-24)20(18-11-8-14(2)30-18)19-16(25-22)4-3-5-17(19)28/h6-11,20H,3-5,12H2,1-2H3,(H2,25,26,27,29). The molecule has 0 saturated heterocycles. The van der Waals surface area contributed by atoms with Crippen LogP contribution in [0, 0.1) is 13.8 Å². The molecule has 0 saturated carbocycles. The highest BCUT2D eigenvalue weighted by Crippen LogP contribution is 2.43. The second-order valence-electron chi connectivity index (χ2n) is 8.08. The Morgan fingerprint density at radius 1 is 1.10 bits per heavy atom. The van der Waals surface area contributed by atoms with Crippen molar-refractivity contribution in [1.29, 1.82) is 0 Å². The monoisotopic (exact) mass is 433 g/mol. The van der Waals surface area contributed by atoms with Crippen LogP contribution in [0.2, 0.25) is 0 Å². The molecule has 3 heterocycles. The predicted molar refractivity (Wildman–Crippen MR) is 120 cm³/mol. The number of aromatic nitrogens is 2. The second-order valence-corrected chi connectivity index (χ2v) is 9.05. The number of aromatic amines is 1. The molecule has 1 atom stereocenters. The quantitative estimate of drug-likeness (QED) is 0.452. The van der Waals surface area contributed by atoms with Crippen molar-refractivity contribution in [3.8, 4) is 0 Å². The second kappa shape index (κ2) is 7.89. The topological polar surface area (TPSA) is 88.0 Å². The van der Waals surface area contributed by atoms with E-state index >= 15 is 0 Å². The SMILES string of the molecule is Cc1ccc(CSc2nc3c(c(=O)[nH]2)C(c2ccc(C)o2)C2=C(CCCC2=O)N3)cc1. The molecule has 0 amide bonds. The number of nitrogens with zero attached hydrogens (tertiary/aromatic N) is 1. The molecule has 0 fully saturated rings. The molecule has 0 radical (unpaired) electrons. The number of benzene rings is 1. The van der Waals surface area contributed by atoms with Crippen molar-refractivity contribution in [3.05, 3.63) is 86.2 Å². The van der Waals surface area contributed by atoms with Crippen LogP contribution in [0.4, 0.5) is 5.82 Å². The van der Waals surface area contributed by atoms with E-state index in [4.69, 9.17) is 9.40 Å². The van der Waals surface area contributed by atoms with Gasteiger partial charge in [0.25, 0.3) is 5.56 Å². The van der Waals surface area contributed by atoms with E-state index in [9.17, 15) is 9.59 Å². The first-order chi connectivity index (χ1) is 15.0. The summed E-state index contributed by atoms with van der Waals surface area (Å²) in [5.74, 6) is 2.11. The number of carbonyl (C=O) groups excluding carboxylic acids is 1. The van der Waals surface area contributed by atoms with Gasteiger partial charge in [-0.15, -0.1) is 0 Å². The van der Waals surface area contributed by atoms with Gasteiger partial charge >= 0.3 is 0 Å². The van der Waals surface area contributed by atoms with Crippen molar-refractivity contribution >= 4 is 23.4 Å². The molecule has 2 N–H and O–H groups in total. The lowest BCUT2D eigenvalue weighted by atomic mass is 9.79. The fourth-order valence-corrected chi connectivity index (χ4v) is 5.05. The molecule has 2 aliphatic rings. The summed E-state index contributed by atoms with van der Waals surface area (Å²) in [6.45, 7) is 3.91. The van der Waals surface area contributed by atoms with Crippen molar-refractivity contribution in [2.24, 2.45) is 0 Å². The minimum Gasteiger partial charge on any atom is -0.465 e. The number of carbonyl (C=O) groups is 1. The van der Waals surface area contributed by atoms with Gasteiger partial charge in [-0.3, -0.25) is 9.59 Å². The molecule has 3 aromatic rings. The Labute approximate surface area is 184 Å². The number of ketones is 1. The highest BCUT2D eigenvalue weighted by molar-refractivity contribution is 7.98. The van der Waals surface area contributed by atoms with Crippen LogP contribution >= 0.6 is 11.8 Å². The zero-order valence-electron chi connectivity index (χ0n) is 17.5. The summed E-state index contributed by atoms with van der Waals surface area (Å²) in [7, 11) is 0. The van der Waals surface area contributed by atoms with Crippen molar-refractivity contribution in [3.63, 3.8) is 0 Å². The Morgan fingerprint density at radius 2 is 1.90 bits per heavy atom. The van der Waals surface area contributed by atoms with Gasteiger partial charge < -0.3 is 14.7 Å². The maximum absolute atomic E-state index is 13.2. The smallest absolute Gasteiger partial charge is 0.257 e. The van der Waals surface area contributed by atoms with Crippen LogP contribution in [0.5, 0.6) is 0 Å². The largest absolute Gasteiger partial charge is 0.465 e. The average molecular weight is 434 g/mol. The number of H-pyrrole nitrogens is 1. The fourth-order valence-electron chi connectivity index (χ4n) is 4.24. The average Bonchev–Trinajstić information content (AvgIpc) is 3.18. The Hall–Kier alpha value is -3.06. The van der Waals surface area contributed by atoms with E-state index in [-0.39, 0.29) is 11.3 Å². The number of anilines is 1. The third-order valence-corrected chi connectivity index (χ3v) is 6.72. The number of fused-ring (bicyclic) bond motifs is 1. The third kappa shape index (κ3) is 3.74. The van der Waals surface area contributed by atoms with E-state index in [1.807, 2.05) is 19.1 Å². The minimum atomic E-state index is -0.528. The molecule has 1 unspecified atom stereocenters. The van der Waals surface area contributed by atoms with Crippen LogP contribution in [-0.2, 0) is 10.5 Å². The highest BCUT2D eigenvalue weighted by Gasteiger charge is 2.39. The van der Waals surface area contributed by atoms with E-state index in [1.165, 1.54) is 17.3 Å². The Morgan fingerprint density at radius 3 is 2.65 bits per heavy atom. The highest BCUT2D eigenvalue weighted by atomic mass is 32.2. The number of furan rings is 1. The molecular formula is C24H23N3O3S. The number of hydrogen-bond acceptors (Lipinski definition) is 6. The van der Waals surface area contributed by atoms with Crippen LogP contribution in [0.15, 0.2) is 62.0 Å². The molecule has 1 aliphatic heterocycles. The lowest BCUT2D eigenvalue weighted by Gasteiger charge is -2.31. The van der Waals surface area contributed by atoms with Crippen LogP contribution in [0.3, 0.4) is 0 Å². The summed E-state index contributed by atoms with van der Waals surface area (Å²) >= 11 is 1.48. The first-order valence-corrected chi connectivity index (χ1v) is 11.4. The van der Waals surface area contributed by atoms with Crippen LogP contribution in [0.25, 0.3) is 0 Å². The fraction of sp³-hybridized carbons (Fsp3) is 0.292. The maximum atomic E-state index is 13.2. The zero-order valence-corrected chi connectivity index (χ0v) is 18.3. The molecule has 1 aliphatic carbocycles. The summed E-state index contributed by atoms with van der Waals surface area (Å²) in [5, 5.41) is 3.85. The van der Waals surface area contributed by atoms with Gasteiger partial charge in [0, 0.05) is 23.4 Å². The number of allylic oxidation sites excluding steroid dienone is 2. The molecule has 0 spiro atoms. The Kier molecular flexibility index (Phi) is 5.06. The molecule has 7 heteroatoms.